The first kappa shape index (κ1) is 82.7. The first-order valence-corrected chi connectivity index (χ1v) is 24.0. The Morgan fingerprint density at radius 3 is 1.15 bits per heavy atom. The van der Waals surface area contributed by atoms with Crippen molar-refractivity contribution < 1.29 is 115 Å². The van der Waals surface area contributed by atoms with E-state index in [1.165, 1.54) is 25.7 Å². The third-order valence-corrected chi connectivity index (χ3v) is 9.10. The Morgan fingerprint density at radius 2 is 0.931 bits per heavy atom. The summed E-state index contributed by atoms with van der Waals surface area (Å²) < 4.78 is 153. The Bertz CT molecular complexity index is 1580. The number of alkyl halides is 5. The minimum atomic E-state index is -4.11. The molecule has 0 fully saturated rings. The molecule has 0 unspecified atom stereocenters. The zero-order valence-corrected chi connectivity index (χ0v) is 47.0. The smallest absolute Gasteiger partial charge is 0.466 e. The van der Waals surface area contributed by atoms with Crippen LogP contribution < -0.4 is 5.32 Å². The van der Waals surface area contributed by atoms with Crippen molar-refractivity contribution in [2.45, 2.75) is 145 Å². The van der Waals surface area contributed by atoms with Gasteiger partial charge in [-0.05, 0) is 67.0 Å². The number of nitrogens with one attached hydrogen (secondary N) is 1. The van der Waals surface area contributed by atoms with E-state index in [1.807, 2.05) is 27.7 Å². The summed E-state index contributed by atoms with van der Waals surface area (Å²) in [4.78, 5) is 65.2. The van der Waals surface area contributed by atoms with Gasteiger partial charge in [0, 0.05) is 59.7 Å². The van der Waals surface area contributed by atoms with E-state index in [0.29, 0.717) is 12.1 Å². The maximum atomic E-state index is 12.9. The summed E-state index contributed by atoms with van der Waals surface area (Å²) >= 11 is 4.34. The van der Waals surface area contributed by atoms with Crippen LogP contribution in [0.4, 0.5) is 35.1 Å². The van der Waals surface area contributed by atoms with Crippen LogP contribution in [-0.4, -0.2) is 138 Å². The number of phosphoric ester groups is 1. The molecule has 0 rings (SSSR count). The van der Waals surface area contributed by atoms with Crippen LogP contribution in [0.1, 0.15) is 109 Å². The van der Waals surface area contributed by atoms with Gasteiger partial charge in [-0.1, -0.05) is 27.7 Å². The van der Waals surface area contributed by atoms with E-state index in [2.05, 4.69) is 86.0 Å². The van der Waals surface area contributed by atoms with Crippen LogP contribution in [-0.2, 0) is 79.4 Å². The van der Waals surface area contributed by atoms with Gasteiger partial charge in [0.15, 0.2) is 5.76 Å². The molecular formula is C41H74Cl2F8N2O17P2. The van der Waals surface area contributed by atoms with Gasteiger partial charge in [0.05, 0.1) is 38.5 Å². The summed E-state index contributed by atoms with van der Waals surface area (Å²) in [6.07, 6.45) is -10.3. The first-order chi connectivity index (χ1) is 32.6. The molecule has 0 aliphatic rings. The molecule has 72 heavy (non-hydrogen) atoms. The number of rotatable bonds is 26. The molecule has 0 atom stereocenters. The summed E-state index contributed by atoms with van der Waals surface area (Å²) in [5, 5.41) is -0.674. The number of Topliss-reactive ketones (excluding diaryl/α,β-unsaturated/α-hetero) is 2. The molecule has 0 saturated carbocycles. The Balaban J connectivity index is -0.000000145. The minimum Gasteiger partial charge on any atom is -0.466 e. The summed E-state index contributed by atoms with van der Waals surface area (Å²) in [6, 6.07) is 1.06. The molecule has 0 radical (unpaired) electrons. The molecular weight excluding hydrogens is 1080 g/mol. The number of hydrogen-bond acceptors (Lipinski definition) is 19. The fourth-order valence-electron chi connectivity index (χ4n) is 4.35. The van der Waals surface area contributed by atoms with Gasteiger partial charge in [-0.2, -0.15) is 26.3 Å². The summed E-state index contributed by atoms with van der Waals surface area (Å²) in [7, 11) is 1.38. The number of nitrogens with zero attached hydrogens (tertiary/aromatic N) is 1. The summed E-state index contributed by atoms with van der Waals surface area (Å²) in [5.74, 6) is -7.61. The maximum Gasteiger partial charge on any atom is 0.529 e. The summed E-state index contributed by atoms with van der Waals surface area (Å²) in [5.41, 5.74) is -0.242. The zero-order chi connectivity index (χ0) is 57.2. The van der Waals surface area contributed by atoms with E-state index >= 15 is 0 Å². The monoisotopic (exact) mass is 1150 g/mol. The second kappa shape index (κ2) is 48.7. The van der Waals surface area contributed by atoms with Crippen molar-refractivity contribution in [2.24, 2.45) is 0 Å². The summed E-state index contributed by atoms with van der Waals surface area (Å²) in [6.45, 7) is 22.4. The molecule has 0 aromatic rings. The van der Waals surface area contributed by atoms with Crippen LogP contribution in [0.5, 0.6) is 0 Å². The molecule has 0 saturated heterocycles. The number of carbonyl (C=O) groups is 6. The number of carbonyl (C=O) groups excluding carboxylic acids is 6. The van der Waals surface area contributed by atoms with Crippen molar-refractivity contribution in [2.75, 3.05) is 62.0 Å². The number of esters is 4. The highest BCUT2D eigenvalue weighted by molar-refractivity contribution is 7.48. The fraction of sp³-hybridized carbons (Fsp3) is 0.756. The van der Waals surface area contributed by atoms with E-state index in [0.717, 1.165) is 14.2 Å². The Hall–Kier alpha value is -3.26. The van der Waals surface area contributed by atoms with E-state index in [9.17, 15) is 68.5 Å². The Labute approximate surface area is 429 Å². The van der Waals surface area contributed by atoms with E-state index < -0.39 is 101 Å². The standard InChI is InChI=1S/C12H21F2NO2.C8H13F2O6P.C6H7ClF2O3.C6H8F2O3.C6H15N.C3H9O3P.ClH/c1-6-17-11(16)7-10(12(13)14)15(8(2)3)9(4)5;1-4-15-7(11)5-6(8(9)10)16-17(12,13-2)14-3;1-2-12-5(11)3-4(10)6(7,8)9;1-2-11-5(10)3-4(9)6(7)8;1-5(2)7-6(3)4;1-4-7(5-2)6-3;/h8-9H,6-7H2,1-5H3;4-5H2,1-3H3;2-3H2,1H3;6H,2-3H2,1H3;5-7H,1-4H3;1-3H3;1H. The molecule has 430 valence electrons. The third kappa shape index (κ3) is 50.3. The van der Waals surface area contributed by atoms with Crippen LogP contribution in [0.2, 0.25) is 0 Å². The molecule has 0 amide bonds. The molecule has 31 heteroatoms. The lowest BCUT2D eigenvalue weighted by Gasteiger charge is -2.34. The van der Waals surface area contributed by atoms with Crippen LogP contribution in [0, 0.1) is 0 Å². The fourth-order valence-corrected chi connectivity index (χ4v) is 5.57. The van der Waals surface area contributed by atoms with Gasteiger partial charge in [0.2, 0.25) is 11.6 Å². The van der Waals surface area contributed by atoms with Gasteiger partial charge in [-0.3, -0.25) is 37.8 Å². The molecule has 1 N–H and O–H groups in total. The number of halogens is 10. The van der Waals surface area contributed by atoms with E-state index in [-0.39, 0.29) is 63.0 Å². The lowest BCUT2D eigenvalue weighted by molar-refractivity contribution is -0.150. The highest BCUT2D eigenvalue weighted by Gasteiger charge is 2.37. The Kier molecular flexibility index (Phi) is 55.9. The molecule has 0 aliphatic heterocycles. The normalized spacial score (nSPS) is 10.5. The Morgan fingerprint density at radius 1 is 0.597 bits per heavy atom. The average Bonchev–Trinajstić information content (AvgIpc) is 3.24. The molecule has 0 heterocycles. The molecule has 19 nitrogen and oxygen atoms in total. The predicted molar refractivity (Wildman–Crippen MR) is 254 cm³/mol. The van der Waals surface area contributed by atoms with Crippen molar-refractivity contribution in [3.05, 3.63) is 23.6 Å². The number of hydrogen-bond donors (Lipinski definition) is 1. The molecule has 0 aliphatic carbocycles. The van der Waals surface area contributed by atoms with Gasteiger partial charge in [-0.15, -0.1) is 12.4 Å². The van der Waals surface area contributed by atoms with Gasteiger partial charge >= 0.3 is 51.8 Å². The van der Waals surface area contributed by atoms with E-state index in [1.54, 1.807) is 28.3 Å². The van der Waals surface area contributed by atoms with Crippen LogP contribution in [0.3, 0.4) is 0 Å². The highest BCUT2D eigenvalue weighted by Crippen LogP contribution is 2.50. The zero-order valence-electron chi connectivity index (χ0n) is 43.6. The van der Waals surface area contributed by atoms with Gasteiger partial charge in [0.1, 0.15) is 19.3 Å². The molecule has 0 aromatic heterocycles. The molecule has 0 bridgehead atoms. The maximum absolute atomic E-state index is 12.9. The van der Waals surface area contributed by atoms with Crippen molar-refractivity contribution >= 4 is 75.9 Å². The molecule has 0 spiro atoms. The number of ketones is 2. The topological polar surface area (TPSA) is 227 Å². The lowest BCUT2D eigenvalue weighted by atomic mass is 10.1. The van der Waals surface area contributed by atoms with E-state index in [4.69, 9.17) is 4.74 Å². The van der Waals surface area contributed by atoms with Crippen molar-refractivity contribution in [3.8, 4) is 0 Å². The van der Waals surface area contributed by atoms with Gasteiger partial charge in [-0.25, -0.2) is 13.3 Å². The van der Waals surface area contributed by atoms with Crippen LogP contribution >= 0.6 is 40.4 Å². The average molecular weight is 1150 g/mol. The van der Waals surface area contributed by atoms with Crippen LogP contribution in [0.15, 0.2) is 23.6 Å². The molecule has 0 aromatic carbocycles. The minimum absolute atomic E-state index is 0. The van der Waals surface area contributed by atoms with Gasteiger partial charge in [0.25, 0.3) is 12.5 Å². The van der Waals surface area contributed by atoms with Crippen molar-refractivity contribution in [1.29, 1.82) is 0 Å². The predicted octanol–water partition coefficient (Wildman–Crippen LogP) is 10.7. The third-order valence-electron chi connectivity index (χ3n) is 6.66. The number of phosphoric acid groups is 1. The SMILES string of the molecule is CC(C)NC(C)C.CCOC(=O)CC(=C(F)F)N(C(C)C)C(C)C.CCOC(=O)CC(=O)C(F)(F)Cl.CCOC(=O)CC(=O)C(F)F.CCOC(=O)CC(OP(=O)(OC)OC)=C(F)F.COP(OC)OC.Cl. The van der Waals surface area contributed by atoms with Crippen LogP contribution in [0.25, 0.3) is 0 Å². The number of ether oxygens (including phenoxy) is 4. The first-order valence-electron chi connectivity index (χ1n) is 21.1. The van der Waals surface area contributed by atoms with Crippen molar-refractivity contribution in [3.63, 3.8) is 0 Å². The van der Waals surface area contributed by atoms with Gasteiger partial charge < -0.3 is 47.3 Å². The lowest BCUT2D eigenvalue weighted by Crippen LogP contribution is -2.37. The highest BCUT2D eigenvalue weighted by atomic mass is 35.5. The largest absolute Gasteiger partial charge is 0.529 e. The van der Waals surface area contributed by atoms with Crippen molar-refractivity contribution in [1.82, 2.24) is 10.2 Å². The quantitative estimate of drug-likeness (QED) is 0.0161. The second-order valence-corrected chi connectivity index (χ2v) is 17.6. The second-order valence-electron chi connectivity index (χ2n) is 13.8.